The summed E-state index contributed by atoms with van der Waals surface area (Å²) < 4.78 is 12.0. The first-order valence-corrected chi connectivity index (χ1v) is 11.7. The standard InChI is InChI=1S/C27H25BrN2O3/c1-3-4-17-33-24-13-7-20(8-14-24)26-29-25(18-19-5-9-21(28)10-6-19)27(31)30(26)22-11-15-23(32-2)16-12-22/h5-16,18H,3-4,17H2,1-2H3. The summed E-state index contributed by atoms with van der Waals surface area (Å²) in [6, 6.07) is 22.9. The second-order valence-electron chi connectivity index (χ2n) is 7.58. The Kier molecular flexibility index (Phi) is 7.25. The Morgan fingerprint density at radius 1 is 0.939 bits per heavy atom. The minimum absolute atomic E-state index is 0.179. The maximum absolute atomic E-state index is 13.4. The highest BCUT2D eigenvalue weighted by molar-refractivity contribution is 9.10. The zero-order valence-electron chi connectivity index (χ0n) is 18.6. The number of amidine groups is 1. The van der Waals surface area contributed by atoms with Gasteiger partial charge in [0.15, 0.2) is 0 Å². The Labute approximate surface area is 202 Å². The lowest BCUT2D eigenvalue weighted by atomic mass is 10.1. The fourth-order valence-electron chi connectivity index (χ4n) is 3.43. The summed E-state index contributed by atoms with van der Waals surface area (Å²) in [6.07, 6.45) is 3.90. The first kappa shape index (κ1) is 22.8. The minimum atomic E-state index is -0.179. The number of aliphatic imine (C=N–C) groups is 1. The van der Waals surface area contributed by atoms with Crippen LogP contribution in [0.4, 0.5) is 5.69 Å². The largest absolute Gasteiger partial charge is 0.497 e. The number of nitrogens with zero attached hydrogens (tertiary/aromatic N) is 2. The lowest BCUT2D eigenvalue weighted by molar-refractivity contribution is -0.113. The van der Waals surface area contributed by atoms with Crippen molar-refractivity contribution in [2.24, 2.45) is 4.99 Å². The van der Waals surface area contributed by atoms with Gasteiger partial charge in [-0.2, -0.15) is 0 Å². The lowest BCUT2D eigenvalue weighted by Gasteiger charge is -2.19. The van der Waals surface area contributed by atoms with Gasteiger partial charge in [-0.25, -0.2) is 4.99 Å². The van der Waals surface area contributed by atoms with E-state index in [9.17, 15) is 4.79 Å². The molecule has 0 N–H and O–H groups in total. The van der Waals surface area contributed by atoms with E-state index >= 15 is 0 Å². The number of rotatable bonds is 8. The summed E-state index contributed by atoms with van der Waals surface area (Å²) in [5.74, 6) is 1.93. The number of hydrogen-bond acceptors (Lipinski definition) is 4. The zero-order chi connectivity index (χ0) is 23.2. The van der Waals surface area contributed by atoms with Gasteiger partial charge in [0.2, 0.25) is 0 Å². The first-order chi connectivity index (χ1) is 16.1. The van der Waals surface area contributed by atoms with Crippen LogP contribution in [0.15, 0.2) is 88.0 Å². The number of ether oxygens (including phenoxy) is 2. The molecule has 1 heterocycles. The lowest BCUT2D eigenvalue weighted by Crippen LogP contribution is -2.32. The average molecular weight is 505 g/mol. The third kappa shape index (κ3) is 5.34. The first-order valence-electron chi connectivity index (χ1n) is 10.9. The van der Waals surface area contributed by atoms with E-state index in [0.29, 0.717) is 18.1 Å². The van der Waals surface area contributed by atoms with E-state index in [-0.39, 0.29) is 5.91 Å². The van der Waals surface area contributed by atoms with Gasteiger partial charge in [0.25, 0.3) is 5.91 Å². The van der Waals surface area contributed by atoms with Gasteiger partial charge >= 0.3 is 0 Å². The van der Waals surface area contributed by atoms with Crippen molar-refractivity contribution in [2.45, 2.75) is 19.8 Å². The van der Waals surface area contributed by atoms with Crippen LogP contribution in [-0.2, 0) is 4.79 Å². The maximum atomic E-state index is 13.4. The molecular formula is C27H25BrN2O3. The van der Waals surface area contributed by atoms with Crippen molar-refractivity contribution in [2.75, 3.05) is 18.6 Å². The van der Waals surface area contributed by atoms with E-state index < -0.39 is 0 Å². The highest BCUT2D eigenvalue weighted by Gasteiger charge is 2.32. The maximum Gasteiger partial charge on any atom is 0.282 e. The zero-order valence-corrected chi connectivity index (χ0v) is 20.2. The normalized spacial score (nSPS) is 14.5. The van der Waals surface area contributed by atoms with E-state index in [2.05, 4.69) is 22.9 Å². The number of benzene rings is 3. The van der Waals surface area contributed by atoms with Gasteiger partial charge in [-0.05, 0) is 78.7 Å². The highest BCUT2D eigenvalue weighted by atomic mass is 79.9. The van der Waals surface area contributed by atoms with E-state index in [4.69, 9.17) is 14.5 Å². The van der Waals surface area contributed by atoms with E-state index in [0.717, 1.165) is 45.6 Å². The molecule has 3 aromatic carbocycles. The SMILES string of the molecule is CCCCOc1ccc(C2=NC(=Cc3ccc(Br)cc3)C(=O)N2c2ccc(OC)cc2)cc1. The van der Waals surface area contributed by atoms with Gasteiger partial charge in [0.1, 0.15) is 23.0 Å². The van der Waals surface area contributed by atoms with E-state index in [1.807, 2.05) is 72.8 Å². The fourth-order valence-corrected chi connectivity index (χ4v) is 3.70. The van der Waals surface area contributed by atoms with Gasteiger partial charge in [-0.3, -0.25) is 9.69 Å². The average Bonchev–Trinajstić information content (AvgIpc) is 3.17. The molecule has 0 bridgehead atoms. The molecule has 0 fully saturated rings. The van der Waals surface area contributed by atoms with E-state index in [1.165, 1.54) is 0 Å². The van der Waals surface area contributed by atoms with Crippen LogP contribution in [0.1, 0.15) is 30.9 Å². The molecule has 0 unspecified atom stereocenters. The molecule has 0 atom stereocenters. The summed E-state index contributed by atoms with van der Waals surface area (Å²) in [4.78, 5) is 19.8. The summed E-state index contributed by atoms with van der Waals surface area (Å²) in [5.41, 5.74) is 2.84. The summed E-state index contributed by atoms with van der Waals surface area (Å²) in [6.45, 7) is 2.82. The van der Waals surface area contributed by atoms with Crippen molar-refractivity contribution >= 4 is 39.4 Å². The number of unbranched alkanes of at least 4 members (excludes halogenated alkanes) is 1. The molecular weight excluding hydrogens is 480 g/mol. The molecule has 168 valence electrons. The number of amides is 1. The molecule has 0 aromatic heterocycles. The van der Waals surface area contributed by atoms with Crippen molar-refractivity contribution in [3.63, 3.8) is 0 Å². The molecule has 1 aliphatic rings. The van der Waals surface area contributed by atoms with Gasteiger partial charge in [-0.15, -0.1) is 0 Å². The second-order valence-corrected chi connectivity index (χ2v) is 8.50. The van der Waals surface area contributed by atoms with Crippen LogP contribution < -0.4 is 14.4 Å². The minimum Gasteiger partial charge on any atom is -0.497 e. The van der Waals surface area contributed by atoms with Crippen LogP contribution in [0.3, 0.4) is 0 Å². The summed E-state index contributed by atoms with van der Waals surface area (Å²) in [5, 5.41) is 0. The predicted molar refractivity (Wildman–Crippen MR) is 136 cm³/mol. The molecule has 0 saturated heterocycles. The van der Waals surface area contributed by atoms with Crippen molar-refractivity contribution in [3.8, 4) is 11.5 Å². The molecule has 3 aromatic rings. The number of anilines is 1. The third-order valence-electron chi connectivity index (χ3n) is 5.24. The molecule has 1 aliphatic heterocycles. The smallest absolute Gasteiger partial charge is 0.282 e. The number of carbonyl (C=O) groups is 1. The van der Waals surface area contributed by atoms with Crippen LogP contribution in [-0.4, -0.2) is 25.5 Å². The Hall–Kier alpha value is -3.38. The Balaban J connectivity index is 1.70. The Morgan fingerprint density at radius 3 is 2.24 bits per heavy atom. The summed E-state index contributed by atoms with van der Waals surface area (Å²) in [7, 11) is 1.62. The second kappa shape index (κ2) is 10.5. The van der Waals surface area contributed by atoms with Gasteiger partial charge in [-0.1, -0.05) is 41.4 Å². The quantitative estimate of drug-likeness (QED) is 0.261. The number of hydrogen-bond donors (Lipinski definition) is 0. The molecule has 6 heteroatoms. The highest BCUT2D eigenvalue weighted by Crippen LogP contribution is 2.30. The molecule has 0 saturated carbocycles. The number of halogens is 1. The molecule has 0 spiro atoms. The monoisotopic (exact) mass is 504 g/mol. The van der Waals surface area contributed by atoms with Crippen LogP contribution in [0.2, 0.25) is 0 Å². The van der Waals surface area contributed by atoms with Crippen LogP contribution in [0.5, 0.6) is 11.5 Å². The topological polar surface area (TPSA) is 51.1 Å². The fraction of sp³-hybridized carbons (Fsp3) is 0.185. The van der Waals surface area contributed by atoms with E-state index in [1.54, 1.807) is 18.1 Å². The molecule has 0 aliphatic carbocycles. The van der Waals surface area contributed by atoms with Crippen molar-refractivity contribution < 1.29 is 14.3 Å². The molecule has 33 heavy (non-hydrogen) atoms. The molecule has 1 amide bonds. The van der Waals surface area contributed by atoms with Crippen molar-refractivity contribution in [3.05, 3.63) is 94.1 Å². The van der Waals surface area contributed by atoms with Crippen LogP contribution >= 0.6 is 15.9 Å². The Morgan fingerprint density at radius 2 is 1.61 bits per heavy atom. The van der Waals surface area contributed by atoms with Crippen molar-refractivity contribution in [1.82, 2.24) is 0 Å². The van der Waals surface area contributed by atoms with Gasteiger partial charge in [0, 0.05) is 10.0 Å². The number of methoxy groups -OCH3 is 1. The molecule has 5 nitrogen and oxygen atoms in total. The van der Waals surface area contributed by atoms with Gasteiger partial charge in [0.05, 0.1) is 19.4 Å². The number of carbonyl (C=O) groups excluding carboxylic acids is 1. The van der Waals surface area contributed by atoms with Gasteiger partial charge < -0.3 is 9.47 Å². The van der Waals surface area contributed by atoms with Crippen LogP contribution in [0.25, 0.3) is 6.08 Å². The molecule has 0 radical (unpaired) electrons. The third-order valence-corrected chi connectivity index (χ3v) is 5.77. The van der Waals surface area contributed by atoms with Crippen molar-refractivity contribution in [1.29, 1.82) is 0 Å². The Bertz CT molecular complexity index is 1170. The molecule has 4 rings (SSSR count). The van der Waals surface area contributed by atoms with Crippen LogP contribution in [0, 0.1) is 0 Å². The summed E-state index contributed by atoms with van der Waals surface area (Å²) >= 11 is 3.44. The predicted octanol–water partition coefficient (Wildman–Crippen LogP) is 6.47.